The van der Waals surface area contributed by atoms with Gasteiger partial charge in [-0.2, -0.15) is 0 Å². The molecule has 2 N–H and O–H groups in total. The molecule has 0 atom stereocenters. The van der Waals surface area contributed by atoms with Crippen LogP contribution in [0.1, 0.15) is 18.5 Å². The Morgan fingerprint density at radius 1 is 1.12 bits per heavy atom. The van der Waals surface area contributed by atoms with Gasteiger partial charge < -0.3 is 14.8 Å². The number of hydrogen-bond acceptors (Lipinski definition) is 3. The number of benzene rings is 1. The first-order valence-corrected chi connectivity index (χ1v) is 7.60. The Bertz CT molecular complexity index is 901. The number of hydrogen-bond donors (Lipinski definition) is 2. The van der Waals surface area contributed by atoms with Gasteiger partial charge in [0.2, 0.25) is 5.91 Å². The van der Waals surface area contributed by atoms with E-state index in [2.05, 4.69) is 10.3 Å². The molecule has 0 unspecified atom stereocenters. The highest BCUT2D eigenvalue weighted by Gasteiger charge is 2.11. The zero-order valence-corrected chi connectivity index (χ0v) is 13.2. The number of carboxylic acids is 1. The number of rotatable bonds is 5. The summed E-state index contributed by atoms with van der Waals surface area (Å²) >= 11 is 0. The third kappa shape index (κ3) is 3.27. The summed E-state index contributed by atoms with van der Waals surface area (Å²) in [5, 5.41) is 11.3. The van der Waals surface area contributed by atoms with E-state index < -0.39 is 5.97 Å². The maximum absolute atomic E-state index is 11.8. The fraction of sp³-hybridized carbons (Fsp3) is 0.167. The Morgan fingerprint density at radius 3 is 2.58 bits per heavy atom. The van der Waals surface area contributed by atoms with Gasteiger partial charge in [-0.15, -0.1) is 0 Å². The monoisotopic (exact) mass is 323 g/mol. The zero-order valence-electron chi connectivity index (χ0n) is 13.2. The number of aliphatic carboxylic acids is 1. The summed E-state index contributed by atoms with van der Waals surface area (Å²) in [7, 11) is 0. The topological polar surface area (TPSA) is 83.7 Å². The van der Waals surface area contributed by atoms with Gasteiger partial charge in [0.25, 0.3) is 0 Å². The molecule has 0 aliphatic carbocycles. The molecular formula is C18H17N3O3. The highest BCUT2D eigenvalue weighted by molar-refractivity contribution is 5.92. The molecule has 6 heteroatoms. The van der Waals surface area contributed by atoms with E-state index in [1.807, 2.05) is 47.7 Å². The van der Waals surface area contributed by atoms with Crippen molar-refractivity contribution in [2.45, 2.75) is 19.8 Å². The fourth-order valence-electron chi connectivity index (χ4n) is 2.55. The molecule has 0 fully saturated rings. The molecule has 0 bridgehead atoms. The minimum atomic E-state index is -0.987. The van der Waals surface area contributed by atoms with Crippen LogP contribution in [0.4, 0.5) is 5.69 Å². The van der Waals surface area contributed by atoms with Crippen LogP contribution in [0.25, 0.3) is 16.9 Å². The number of imidazole rings is 1. The van der Waals surface area contributed by atoms with Crippen LogP contribution in [-0.4, -0.2) is 26.4 Å². The predicted molar refractivity (Wildman–Crippen MR) is 90.9 cm³/mol. The lowest BCUT2D eigenvalue weighted by Gasteiger charge is -2.06. The summed E-state index contributed by atoms with van der Waals surface area (Å²) in [6.07, 6.45) is 1.56. The number of fused-ring (bicyclic) bond motifs is 1. The van der Waals surface area contributed by atoms with Gasteiger partial charge in [0.1, 0.15) is 5.65 Å². The third-order valence-electron chi connectivity index (χ3n) is 3.75. The molecule has 3 rings (SSSR count). The number of aryl methyl sites for hydroxylation is 1. The van der Waals surface area contributed by atoms with Crippen LogP contribution in [-0.2, 0) is 9.59 Å². The summed E-state index contributed by atoms with van der Waals surface area (Å²) in [5.74, 6) is -1.31. The first kappa shape index (κ1) is 15.7. The van der Waals surface area contributed by atoms with Crippen LogP contribution in [0.2, 0.25) is 0 Å². The lowest BCUT2D eigenvalue weighted by molar-refractivity contribution is -0.138. The number of aromatic nitrogens is 2. The molecule has 3 aromatic rings. The summed E-state index contributed by atoms with van der Waals surface area (Å²) in [4.78, 5) is 26.9. The third-order valence-corrected chi connectivity index (χ3v) is 3.75. The Balaban J connectivity index is 1.87. The number of nitrogens with one attached hydrogen (secondary N) is 1. The molecule has 2 heterocycles. The van der Waals surface area contributed by atoms with E-state index in [0.29, 0.717) is 5.69 Å². The normalized spacial score (nSPS) is 10.7. The molecule has 6 nitrogen and oxygen atoms in total. The van der Waals surface area contributed by atoms with Gasteiger partial charge in [0, 0.05) is 23.9 Å². The summed E-state index contributed by atoms with van der Waals surface area (Å²) in [5.41, 5.74) is 4.29. The minimum Gasteiger partial charge on any atom is -0.481 e. The smallest absolute Gasteiger partial charge is 0.303 e. The van der Waals surface area contributed by atoms with Gasteiger partial charge >= 0.3 is 5.97 Å². The molecule has 0 spiro atoms. The number of nitrogens with zero attached hydrogens (tertiary/aromatic N) is 2. The highest BCUT2D eigenvalue weighted by Crippen LogP contribution is 2.24. The molecule has 0 saturated heterocycles. The van der Waals surface area contributed by atoms with E-state index in [1.54, 1.807) is 12.3 Å². The average Bonchev–Trinajstić information content (AvgIpc) is 2.90. The van der Waals surface area contributed by atoms with Crippen molar-refractivity contribution in [3.8, 4) is 11.3 Å². The maximum atomic E-state index is 11.8. The molecule has 1 aromatic carbocycles. The number of carboxylic acid groups (broad SMARTS) is 1. The molecular weight excluding hydrogens is 306 g/mol. The van der Waals surface area contributed by atoms with Crippen LogP contribution in [0.5, 0.6) is 0 Å². The lowest BCUT2D eigenvalue weighted by atomic mass is 10.1. The number of carbonyl (C=O) groups is 2. The number of pyridine rings is 1. The van der Waals surface area contributed by atoms with E-state index in [0.717, 1.165) is 22.6 Å². The van der Waals surface area contributed by atoms with Crippen molar-refractivity contribution in [2.24, 2.45) is 0 Å². The van der Waals surface area contributed by atoms with E-state index in [1.165, 1.54) is 0 Å². The lowest BCUT2D eigenvalue weighted by Crippen LogP contribution is -2.13. The second kappa shape index (κ2) is 6.54. The van der Waals surface area contributed by atoms with E-state index in [9.17, 15) is 9.59 Å². The minimum absolute atomic E-state index is 0.0501. The van der Waals surface area contributed by atoms with Crippen LogP contribution < -0.4 is 5.32 Å². The molecule has 2 aromatic heterocycles. The van der Waals surface area contributed by atoms with E-state index in [4.69, 9.17) is 5.11 Å². The second-order valence-electron chi connectivity index (χ2n) is 5.50. The first-order valence-electron chi connectivity index (χ1n) is 7.60. The van der Waals surface area contributed by atoms with Crippen LogP contribution >= 0.6 is 0 Å². The molecule has 24 heavy (non-hydrogen) atoms. The standard InChI is InChI=1S/C18H17N3O3/c1-12-18(13-5-3-2-4-6-13)20-15-8-7-14(11-21(12)15)19-16(22)9-10-17(23)24/h2-8,11H,9-10H2,1H3,(H,19,22)(H,23,24). The number of anilines is 1. The van der Waals surface area contributed by atoms with Crippen molar-refractivity contribution in [3.05, 3.63) is 54.4 Å². The Labute approximate surface area is 138 Å². The number of amides is 1. The maximum Gasteiger partial charge on any atom is 0.303 e. The zero-order chi connectivity index (χ0) is 17.1. The molecule has 122 valence electrons. The van der Waals surface area contributed by atoms with Crippen molar-refractivity contribution in [1.82, 2.24) is 9.38 Å². The molecule has 1 amide bonds. The predicted octanol–water partition coefficient (Wildman–Crippen LogP) is 3.11. The van der Waals surface area contributed by atoms with E-state index >= 15 is 0 Å². The second-order valence-corrected chi connectivity index (χ2v) is 5.50. The van der Waals surface area contributed by atoms with Crippen molar-refractivity contribution in [3.63, 3.8) is 0 Å². The summed E-state index contributed by atoms with van der Waals surface area (Å²) in [6, 6.07) is 13.5. The Morgan fingerprint density at radius 2 is 1.88 bits per heavy atom. The quantitative estimate of drug-likeness (QED) is 0.755. The summed E-state index contributed by atoms with van der Waals surface area (Å²) < 4.78 is 1.91. The fourth-order valence-corrected chi connectivity index (χ4v) is 2.55. The van der Waals surface area contributed by atoms with Gasteiger partial charge in [-0.3, -0.25) is 9.59 Å². The van der Waals surface area contributed by atoms with Crippen molar-refractivity contribution in [2.75, 3.05) is 5.32 Å². The number of carbonyl (C=O) groups excluding carboxylic acids is 1. The first-order chi connectivity index (χ1) is 11.5. The van der Waals surface area contributed by atoms with Crippen molar-refractivity contribution < 1.29 is 14.7 Å². The summed E-state index contributed by atoms with van der Waals surface area (Å²) in [6.45, 7) is 1.97. The van der Waals surface area contributed by atoms with Crippen molar-refractivity contribution in [1.29, 1.82) is 0 Å². The van der Waals surface area contributed by atoms with Gasteiger partial charge in [-0.1, -0.05) is 30.3 Å². The van der Waals surface area contributed by atoms with Crippen LogP contribution in [0.15, 0.2) is 48.7 Å². The van der Waals surface area contributed by atoms with Crippen LogP contribution in [0, 0.1) is 6.92 Å². The van der Waals surface area contributed by atoms with Crippen molar-refractivity contribution >= 4 is 23.2 Å². The van der Waals surface area contributed by atoms with Crippen LogP contribution in [0.3, 0.4) is 0 Å². The Hall–Kier alpha value is -3.15. The Kier molecular flexibility index (Phi) is 4.29. The largest absolute Gasteiger partial charge is 0.481 e. The molecule has 0 saturated carbocycles. The van der Waals surface area contributed by atoms with Gasteiger partial charge in [-0.25, -0.2) is 4.98 Å². The van der Waals surface area contributed by atoms with E-state index in [-0.39, 0.29) is 18.7 Å². The van der Waals surface area contributed by atoms with Gasteiger partial charge in [0.05, 0.1) is 17.8 Å². The van der Waals surface area contributed by atoms with Gasteiger partial charge in [0.15, 0.2) is 0 Å². The molecule has 0 radical (unpaired) electrons. The van der Waals surface area contributed by atoms with Gasteiger partial charge in [-0.05, 0) is 19.1 Å². The highest BCUT2D eigenvalue weighted by atomic mass is 16.4. The SMILES string of the molecule is Cc1c(-c2ccccc2)nc2ccc(NC(=O)CCC(=O)O)cn12. The molecule has 0 aliphatic heterocycles. The molecule has 0 aliphatic rings. The average molecular weight is 323 g/mol.